The summed E-state index contributed by atoms with van der Waals surface area (Å²) in [4.78, 5) is 0.0770. The molecule has 2 N–H and O–H groups in total. The molecule has 1 aromatic heterocycles. The van der Waals surface area contributed by atoms with Gasteiger partial charge in [-0.1, -0.05) is 23.7 Å². The molecule has 0 atom stereocenters. The highest BCUT2D eigenvalue weighted by atomic mass is 35.5. The zero-order valence-corrected chi connectivity index (χ0v) is 14.8. The van der Waals surface area contributed by atoms with E-state index >= 15 is 0 Å². The third-order valence-electron chi connectivity index (χ3n) is 3.26. The molecule has 0 amide bonds. The van der Waals surface area contributed by atoms with Crippen molar-refractivity contribution in [3.8, 4) is 16.9 Å². The average Bonchev–Trinajstić information content (AvgIpc) is 2.89. The molecule has 0 unspecified atom stereocenters. The van der Waals surface area contributed by atoms with Gasteiger partial charge in [-0.05, 0) is 54.2 Å². The zero-order chi connectivity index (χ0) is 16.6. The van der Waals surface area contributed by atoms with Gasteiger partial charge in [-0.15, -0.1) is 11.3 Å². The largest absolute Gasteiger partial charge is 0.292 e. The molecule has 118 valence electrons. The maximum atomic E-state index is 11.4. The Hall–Kier alpha value is -1.51. The van der Waals surface area contributed by atoms with Crippen LogP contribution in [0.3, 0.4) is 0 Å². The van der Waals surface area contributed by atoms with Crippen molar-refractivity contribution in [1.82, 2.24) is 4.57 Å². The summed E-state index contributed by atoms with van der Waals surface area (Å²) in [5.41, 5.74) is 2.62. The molecule has 3 rings (SSSR count). The Morgan fingerprint density at radius 1 is 1.04 bits per heavy atom. The van der Waals surface area contributed by atoms with Crippen LogP contribution in [0.15, 0.2) is 58.8 Å². The number of sulfonamides is 1. The Labute approximate surface area is 147 Å². The number of rotatable bonds is 3. The van der Waals surface area contributed by atoms with Gasteiger partial charge in [-0.2, -0.15) is 0 Å². The molecular weight excluding hydrogens is 372 g/mol. The summed E-state index contributed by atoms with van der Waals surface area (Å²) >= 11 is 12.8. The lowest BCUT2D eigenvalue weighted by atomic mass is 10.1. The van der Waals surface area contributed by atoms with Gasteiger partial charge in [-0.25, -0.2) is 13.6 Å². The number of hydrogen-bond acceptors (Lipinski definition) is 4. The molecular formula is C15H11ClN2O2S3. The predicted octanol–water partition coefficient (Wildman–Crippen LogP) is 4.24. The predicted molar refractivity (Wildman–Crippen MR) is 96.3 cm³/mol. The van der Waals surface area contributed by atoms with Gasteiger partial charge in [-0.3, -0.25) is 4.57 Å². The van der Waals surface area contributed by atoms with Crippen molar-refractivity contribution in [2.24, 2.45) is 5.14 Å². The summed E-state index contributed by atoms with van der Waals surface area (Å²) in [7, 11) is -3.70. The third kappa shape index (κ3) is 3.39. The fraction of sp³-hybridized carbons (Fsp3) is 0. The standard InChI is InChI=1S/C15H11ClN2O2S3/c16-11-3-5-12(6-4-11)18-14(9-22-15(18)21)10-1-7-13(8-2-10)23(17,19)20/h1-9H,(H2,17,19,20). The van der Waals surface area contributed by atoms with Crippen LogP contribution in [0, 0.1) is 3.95 Å². The minimum Gasteiger partial charge on any atom is -0.292 e. The Morgan fingerprint density at radius 3 is 2.22 bits per heavy atom. The van der Waals surface area contributed by atoms with Crippen molar-refractivity contribution in [3.63, 3.8) is 0 Å². The first-order valence-electron chi connectivity index (χ1n) is 6.46. The molecule has 0 aliphatic rings. The summed E-state index contributed by atoms with van der Waals surface area (Å²) in [5.74, 6) is 0. The molecule has 8 heteroatoms. The number of halogens is 1. The Bertz CT molecular complexity index is 1000. The first-order chi connectivity index (χ1) is 10.9. The second kappa shape index (κ2) is 6.18. The number of hydrogen-bond donors (Lipinski definition) is 1. The number of aromatic nitrogens is 1. The zero-order valence-electron chi connectivity index (χ0n) is 11.6. The van der Waals surface area contributed by atoms with Crippen LogP contribution in [0.1, 0.15) is 0 Å². The van der Waals surface area contributed by atoms with E-state index in [1.165, 1.54) is 23.5 Å². The number of primary sulfonamides is 1. The van der Waals surface area contributed by atoms with Crippen LogP contribution >= 0.6 is 35.2 Å². The van der Waals surface area contributed by atoms with Gasteiger partial charge < -0.3 is 0 Å². The van der Waals surface area contributed by atoms with Crippen LogP contribution in [0.4, 0.5) is 0 Å². The molecule has 3 aromatic rings. The Balaban J connectivity index is 2.12. The average molecular weight is 383 g/mol. The lowest BCUT2D eigenvalue weighted by Crippen LogP contribution is -2.11. The van der Waals surface area contributed by atoms with Crippen LogP contribution in [-0.2, 0) is 10.0 Å². The molecule has 0 aliphatic carbocycles. The summed E-state index contributed by atoms with van der Waals surface area (Å²) in [6, 6.07) is 13.7. The smallest absolute Gasteiger partial charge is 0.238 e. The van der Waals surface area contributed by atoms with Crippen molar-refractivity contribution < 1.29 is 8.42 Å². The van der Waals surface area contributed by atoms with E-state index in [0.717, 1.165) is 16.9 Å². The molecule has 0 aliphatic heterocycles. The second-order valence-electron chi connectivity index (χ2n) is 4.77. The quantitative estimate of drug-likeness (QED) is 0.689. The van der Waals surface area contributed by atoms with Gasteiger partial charge in [0.05, 0.1) is 10.6 Å². The topological polar surface area (TPSA) is 65.1 Å². The molecule has 0 fully saturated rings. The van der Waals surface area contributed by atoms with E-state index in [-0.39, 0.29) is 4.90 Å². The van der Waals surface area contributed by atoms with E-state index in [2.05, 4.69) is 0 Å². The van der Waals surface area contributed by atoms with E-state index in [1.54, 1.807) is 24.3 Å². The summed E-state index contributed by atoms with van der Waals surface area (Å²) < 4.78 is 25.3. The number of nitrogens with zero attached hydrogens (tertiary/aromatic N) is 1. The normalized spacial score (nSPS) is 11.6. The summed E-state index contributed by atoms with van der Waals surface area (Å²) in [6.45, 7) is 0. The van der Waals surface area contributed by atoms with E-state index in [0.29, 0.717) is 8.98 Å². The molecule has 0 radical (unpaired) electrons. The SMILES string of the molecule is NS(=O)(=O)c1ccc(-c2csc(=S)n2-c2ccc(Cl)cc2)cc1. The van der Waals surface area contributed by atoms with Crippen molar-refractivity contribution in [1.29, 1.82) is 0 Å². The van der Waals surface area contributed by atoms with Crippen molar-refractivity contribution in [2.75, 3.05) is 0 Å². The van der Waals surface area contributed by atoms with Gasteiger partial charge >= 0.3 is 0 Å². The highest BCUT2D eigenvalue weighted by molar-refractivity contribution is 7.89. The monoisotopic (exact) mass is 382 g/mol. The van der Waals surface area contributed by atoms with Gasteiger partial charge in [0, 0.05) is 16.1 Å². The van der Waals surface area contributed by atoms with Gasteiger partial charge in [0.1, 0.15) is 0 Å². The fourth-order valence-corrected chi connectivity index (χ4v) is 3.91. The van der Waals surface area contributed by atoms with E-state index < -0.39 is 10.0 Å². The number of nitrogens with two attached hydrogens (primary N) is 1. The molecule has 0 saturated carbocycles. The van der Waals surface area contributed by atoms with Gasteiger partial charge in [0.15, 0.2) is 3.95 Å². The summed E-state index contributed by atoms with van der Waals surface area (Å²) in [6.07, 6.45) is 0. The lowest BCUT2D eigenvalue weighted by Gasteiger charge is -2.09. The molecule has 4 nitrogen and oxygen atoms in total. The van der Waals surface area contributed by atoms with Crippen molar-refractivity contribution in [2.45, 2.75) is 4.90 Å². The highest BCUT2D eigenvalue weighted by Crippen LogP contribution is 2.28. The molecule has 23 heavy (non-hydrogen) atoms. The van der Waals surface area contributed by atoms with Crippen LogP contribution < -0.4 is 5.14 Å². The minimum absolute atomic E-state index is 0.0770. The van der Waals surface area contributed by atoms with Crippen LogP contribution in [-0.4, -0.2) is 13.0 Å². The third-order valence-corrected chi connectivity index (χ3v) is 5.64. The van der Waals surface area contributed by atoms with Crippen LogP contribution in [0.2, 0.25) is 5.02 Å². The Morgan fingerprint density at radius 2 is 1.65 bits per heavy atom. The minimum atomic E-state index is -3.70. The van der Waals surface area contributed by atoms with E-state index in [4.69, 9.17) is 29.0 Å². The molecule has 0 spiro atoms. The van der Waals surface area contributed by atoms with Crippen molar-refractivity contribution in [3.05, 3.63) is 62.9 Å². The van der Waals surface area contributed by atoms with E-state index in [1.807, 2.05) is 22.1 Å². The van der Waals surface area contributed by atoms with Crippen LogP contribution in [0.5, 0.6) is 0 Å². The molecule has 1 heterocycles. The summed E-state index contributed by atoms with van der Waals surface area (Å²) in [5, 5.41) is 7.71. The van der Waals surface area contributed by atoms with Crippen LogP contribution in [0.25, 0.3) is 16.9 Å². The molecule has 2 aromatic carbocycles. The molecule has 0 bridgehead atoms. The number of benzene rings is 2. The van der Waals surface area contributed by atoms with E-state index in [9.17, 15) is 8.42 Å². The maximum absolute atomic E-state index is 11.4. The van der Waals surface area contributed by atoms with Crippen molar-refractivity contribution >= 4 is 45.2 Å². The Kier molecular flexibility index (Phi) is 4.39. The highest BCUT2D eigenvalue weighted by Gasteiger charge is 2.11. The first-order valence-corrected chi connectivity index (χ1v) is 9.67. The van der Waals surface area contributed by atoms with Gasteiger partial charge in [0.25, 0.3) is 0 Å². The molecule has 0 saturated heterocycles. The second-order valence-corrected chi connectivity index (χ2v) is 8.27. The van der Waals surface area contributed by atoms with Gasteiger partial charge in [0.2, 0.25) is 10.0 Å². The first kappa shape index (κ1) is 16.4. The fourth-order valence-electron chi connectivity index (χ4n) is 2.16. The number of thiazole rings is 1. The maximum Gasteiger partial charge on any atom is 0.238 e. The lowest BCUT2D eigenvalue weighted by molar-refractivity contribution is 0.598.